The van der Waals surface area contributed by atoms with E-state index < -0.39 is 22.7 Å². The highest BCUT2D eigenvalue weighted by molar-refractivity contribution is 6.00. The van der Waals surface area contributed by atoms with Crippen molar-refractivity contribution in [2.75, 3.05) is 6.61 Å². The van der Waals surface area contributed by atoms with Gasteiger partial charge < -0.3 is 20.1 Å². The number of aldehydes is 1. The third kappa shape index (κ3) is 2.20. The van der Waals surface area contributed by atoms with Crippen LogP contribution in [0.25, 0.3) is 22.9 Å². The van der Waals surface area contributed by atoms with Crippen LogP contribution in [0.4, 0.5) is 0 Å². The fraction of sp³-hybridized carbons (Fsp3) is 0.0588. The smallest absolute Gasteiger partial charge is 0.232 e. The highest BCUT2D eigenvalue weighted by atomic mass is 16.5. The molecule has 3 rings (SSSR count). The topological polar surface area (TPSA) is 104 Å². The number of aromatic hydroxyl groups is 3. The Bertz CT molecular complexity index is 940. The second-order valence-electron chi connectivity index (χ2n) is 4.90. The van der Waals surface area contributed by atoms with Crippen LogP contribution in [0.5, 0.6) is 23.0 Å². The Kier molecular flexibility index (Phi) is 3.50. The summed E-state index contributed by atoms with van der Waals surface area (Å²) in [6, 6.07) is 2.95. The average Bonchev–Trinajstić information content (AvgIpc) is 2.69. The minimum absolute atomic E-state index is 0.0765. The number of carbonyl (C=O) groups excluding carboxylic acids is 1. The molecular weight excluding hydrogens is 300 g/mol. The lowest BCUT2D eigenvalue weighted by molar-refractivity contribution is -0.104. The lowest BCUT2D eigenvalue weighted by atomic mass is 10.0. The van der Waals surface area contributed by atoms with Crippen molar-refractivity contribution in [3.63, 3.8) is 0 Å². The molecule has 0 radical (unpaired) electrons. The molecule has 23 heavy (non-hydrogen) atoms. The number of allylic oxidation sites excluding steroid dienone is 1. The quantitative estimate of drug-likeness (QED) is 0.445. The normalized spacial score (nSPS) is 13.0. The second-order valence-corrected chi connectivity index (χ2v) is 4.90. The number of benzene rings is 1. The Balaban J connectivity index is 2.52. The van der Waals surface area contributed by atoms with E-state index in [1.54, 1.807) is 12.2 Å². The monoisotopic (exact) mass is 312 g/mol. The zero-order valence-corrected chi connectivity index (χ0v) is 11.8. The summed E-state index contributed by atoms with van der Waals surface area (Å²) in [5.41, 5.74) is -0.309. The Morgan fingerprint density at radius 3 is 2.61 bits per heavy atom. The molecule has 1 aliphatic rings. The highest BCUT2D eigenvalue weighted by Gasteiger charge is 2.23. The maximum Gasteiger partial charge on any atom is 0.232 e. The highest BCUT2D eigenvalue weighted by Crippen LogP contribution is 2.46. The molecule has 116 valence electrons. The van der Waals surface area contributed by atoms with Crippen LogP contribution in [0.2, 0.25) is 0 Å². The van der Waals surface area contributed by atoms with Crippen molar-refractivity contribution in [1.82, 2.24) is 0 Å². The number of phenolic OH excluding ortho intramolecular Hbond substituents is 2. The van der Waals surface area contributed by atoms with Crippen LogP contribution in [0.1, 0.15) is 11.1 Å². The van der Waals surface area contributed by atoms with Crippen LogP contribution in [0.15, 0.2) is 29.1 Å². The van der Waals surface area contributed by atoms with Gasteiger partial charge in [-0.15, -0.1) is 0 Å². The van der Waals surface area contributed by atoms with Crippen molar-refractivity contribution in [3.05, 3.63) is 45.6 Å². The number of ether oxygens (including phenoxy) is 1. The molecule has 0 bridgehead atoms. The fourth-order valence-electron chi connectivity index (χ4n) is 2.53. The van der Waals surface area contributed by atoms with E-state index in [4.69, 9.17) is 4.74 Å². The first kappa shape index (κ1) is 14.6. The molecule has 2 aromatic carbocycles. The molecule has 0 saturated heterocycles. The maximum absolute atomic E-state index is 12.5. The van der Waals surface area contributed by atoms with Crippen molar-refractivity contribution in [2.24, 2.45) is 0 Å². The zero-order chi connectivity index (χ0) is 16.6. The standard InChI is InChI=1S/C17H12O6/c18-7-1-3-9-5-6-10-11-4-2-8-23-17(11)16(22)15(21)12(10)14(20)13(9)19/h1-7,21-22H,8H2,(H,19,20). The number of fused-ring (bicyclic) bond motifs is 3. The van der Waals surface area contributed by atoms with E-state index in [0.29, 0.717) is 17.2 Å². The van der Waals surface area contributed by atoms with Gasteiger partial charge in [0.15, 0.2) is 17.2 Å². The minimum atomic E-state index is -0.856. The van der Waals surface area contributed by atoms with Crippen LogP contribution in [0.3, 0.4) is 0 Å². The summed E-state index contributed by atoms with van der Waals surface area (Å²) in [7, 11) is 0. The molecule has 0 amide bonds. The van der Waals surface area contributed by atoms with Gasteiger partial charge in [-0.2, -0.15) is 0 Å². The Morgan fingerprint density at radius 2 is 1.87 bits per heavy atom. The molecule has 2 aromatic rings. The molecule has 0 aliphatic carbocycles. The summed E-state index contributed by atoms with van der Waals surface area (Å²) in [6.07, 6.45) is 6.28. The van der Waals surface area contributed by atoms with E-state index in [1.807, 2.05) is 0 Å². The van der Waals surface area contributed by atoms with Crippen LogP contribution in [-0.2, 0) is 4.79 Å². The predicted octanol–water partition coefficient (Wildman–Crippen LogP) is 1.93. The average molecular weight is 312 g/mol. The molecule has 0 fully saturated rings. The fourth-order valence-corrected chi connectivity index (χ4v) is 2.53. The van der Waals surface area contributed by atoms with Gasteiger partial charge in [0.1, 0.15) is 12.9 Å². The number of rotatable bonds is 2. The van der Waals surface area contributed by atoms with Gasteiger partial charge in [0.05, 0.1) is 5.39 Å². The molecule has 0 aromatic heterocycles. The van der Waals surface area contributed by atoms with E-state index in [9.17, 15) is 24.9 Å². The summed E-state index contributed by atoms with van der Waals surface area (Å²) in [5.74, 6) is -1.76. The second kappa shape index (κ2) is 5.49. The van der Waals surface area contributed by atoms with Gasteiger partial charge in [-0.3, -0.25) is 9.59 Å². The lowest BCUT2D eigenvalue weighted by Gasteiger charge is -2.16. The van der Waals surface area contributed by atoms with E-state index in [-0.39, 0.29) is 23.3 Å². The Hall–Kier alpha value is -3.28. The molecule has 0 spiro atoms. The molecule has 0 atom stereocenters. The van der Waals surface area contributed by atoms with Gasteiger partial charge in [0, 0.05) is 16.5 Å². The Labute approximate surface area is 130 Å². The first-order valence-electron chi connectivity index (χ1n) is 6.75. The van der Waals surface area contributed by atoms with Crippen molar-refractivity contribution in [3.8, 4) is 23.0 Å². The number of hydrogen-bond donors (Lipinski definition) is 3. The first-order valence-corrected chi connectivity index (χ1v) is 6.75. The van der Waals surface area contributed by atoms with Crippen molar-refractivity contribution in [2.45, 2.75) is 0 Å². The number of carbonyl (C=O) groups is 1. The zero-order valence-electron chi connectivity index (χ0n) is 11.8. The van der Waals surface area contributed by atoms with Crippen LogP contribution in [0, 0.1) is 0 Å². The van der Waals surface area contributed by atoms with Gasteiger partial charge in [-0.05, 0) is 18.2 Å². The largest absolute Gasteiger partial charge is 0.504 e. The third-order valence-corrected chi connectivity index (χ3v) is 3.59. The summed E-state index contributed by atoms with van der Waals surface area (Å²) in [5, 5.41) is 30.4. The van der Waals surface area contributed by atoms with E-state index in [1.165, 1.54) is 18.2 Å². The first-order chi connectivity index (χ1) is 11.1. The van der Waals surface area contributed by atoms with Gasteiger partial charge in [0.25, 0.3) is 0 Å². The van der Waals surface area contributed by atoms with E-state index in [0.717, 1.165) is 6.08 Å². The summed E-state index contributed by atoms with van der Waals surface area (Å²) < 4.78 is 5.32. The minimum Gasteiger partial charge on any atom is -0.504 e. The summed E-state index contributed by atoms with van der Waals surface area (Å²) >= 11 is 0. The summed E-state index contributed by atoms with van der Waals surface area (Å²) in [4.78, 5) is 22.9. The number of phenols is 2. The molecule has 6 nitrogen and oxygen atoms in total. The molecule has 6 heteroatoms. The maximum atomic E-state index is 12.5. The van der Waals surface area contributed by atoms with Gasteiger partial charge >= 0.3 is 0 Å². The van der Waals surface area contributed by atoms with E-state index in [2.05, 4.69) is 0 Å². The molecule has 1 aliphatic heterocycles. The SMILES string of the molecule is O=CC=Cc1ccc2c3c(c(O)c(O)c2c(=O)c1O)OCC=C3. The number of hydrogen-bond acceptors (Lipinski definition) is 6. The van der Waals surface area contributed by atoms with Crippen LogP contribution >= 0.6 is 0 Å². The molecule has 0 saturated carbocycles. The molecule has 0 unspecified atom stereocenters. The van der Waals surface area contributed by atoms with E-state index >= 15 is 0 Å². The third-order valence-electron chi connectivity index (χ3n) is 3.59. The van der Waals surface area contributed by atoms with Crippen LogP contribution < -0.4 is 10.2 Å². The van der Waals surface area contributed by atoms with Gasteiger partial charge in [0.2, 0.25) is 11.2 Å². The lowest BCUT2D eigenvalue weighted by Crippen LogP contribution is -2.04. The van der Waals surface area contributed by atoms with Crippen molar-refractivity contribution < 1.29 is 24.9 Å². The molecule has 3 N–H and O–H groups in total. The molecule has 1 heterocycles. The van der Waals surface area contributed by atoms with Crippen molar-refractivity contribution in [1.29, 1.82) is 0 Å². The Morgan fingerprint density at radius 1 is 1.09 bits per heavy atom. The predicted molar refractivity (Wildman–Crippen MR) is 84.8 cm³/mol. The van der Waals surface area contributed by atoms with Gasteiger partial charge in [-0.25, -0.2) is 0 Å². The van der Waals surface area contributed by atoms with Crippen molar-refractivity contribution >= 4 is 29.2 Å². The van der Waals surface area contributed by atoms with Gasteiger partial charge in [-0.1, -0.05) is 18.2 Å². The summed E-state index contributed by atoms with van der Waals surface area (Å²) in [6.45, 7) is 0.229. The molecular formula is C17H12O6. The van der Waals surface area contributed by atoms with Crippen LogP contribution in [-0.4, -0.2) is 28.2 Å².